The van der Waals surface area contributed by atoms with E-state index in [-0.39, 0.29) is 11.1 Å². The highest BCUT2D eigenvalue weighted by Crippen LogP contribution is 2.43. The number of hydrogen-bond acceptors (Lipinski definition) is 6. The fraction of sp³-hybridized carbons (Fsp3) is 0.419. The van der Waals surface area contributed by atoms with Crippen molar-refractivity contribution in [3.8, 4) is 0 Å². The number of fused-ring (bicyclic) bond motifs is 3. The van der Waals surface area contributed by atoms with Gasteiger partial charge in [-0.05, 0) is 107 Å². The molecule has 2 heterocycles. The Kier molecular flexibility index (Phi) is 6.47. The maximum absolute atomic E-state index is 14.8. The molecule has 0 radical (unpaired) electrons. The summed E-state index contributed by atoms with van der Waals surface area (Å²) in [5, 5.41) is 18.3. The van der Waals surface area contributed by atoms with E-state index in [0.29, 0.717) is 56.8 Å². The molecule has 0 aliphatic heterocycles. The second kappa shape index (κ2) is 9.35. The molecule has 1 aliphatic rings. The van der Waals surface area contributed by atoms with Crippen LogP contribution in [0.1, 0.15) is 80.3 Å². The third-order valence-corrected chi connectivity index (χ3v) is 8.50. The Morgan fingerprint density at radius 2 is 1.45 bits per heavy atom. The van der Waals surface area contributed by atoms with Gasteiger partial charge >= 0.3 is 5.97 Å². The van der Waals surface area contributed by atoms with Crippen molar-refractivity contribution in [3.05, 3.63) is 55.8 Å². The van der Waals surface area contributed by atoms with E-state index in [1.807, 2.05) is 27.7 Å². The Morgan fingerprint density at radius 3 is 2.02 bits per heavy atom. The zero-order chi connectivity index (χ0) is 29.4. The minimum absolute atomic E-state index is 0.0131. The summed E-state index contributed by atoms with van der Waals surface area (Å²) in [6, 6.07) is 0.324. The SMILES string of the molecule is Cc1c(C)c(Nc2nc3c(C)c(C(=O)O)c(C)c(C)c3c3c(C)nc(NC4CC4)nc23)c(C)c(C(C)(F)F)c1C. The van der Waals surface area contributed by atoms with Crippen molar-refractivity contribution in [3.63, 3.8) is 0 Å². The average Bonchev–Trinajstić information content (AvgIpc) is 3.66. The normalized spacial score (nSPS) is 13.8. The molecule has 0 saturated heterocycles. The molecule has 0 amide bonds. The highest BCUT2D eigenvalue weighted by Gasteiger charge is 2.32. The van der Waals surface area contributed by atoms with Crippen molar-refractivity contribution >= 4 is 45.2 Å². The molecule has 40 heavy (non-hydrogen) atoms. The first kappa shape index (κ1) is 27.7. The van der Waals surface area contributed by atoms with E-state index < -0.39 is 11.9 Å². The number of aryl methyl sites for hydroxylation is 3. The number of nitrogens with one attached hydrogen (secondary N) is 2. The van der Waals surface area contributed by atoms with E-state index in [9.17, 15) is 18.7 Å². The summed E-state index contributed by atoms with van der Waals surface area (Å²) in [6.07, 6.45) is 2.10. The van der Waals surface area contributed by atoms with Crippen LogP contribution in [0.25, 0.3) is 21.8 Å². The molecule has 3 N–H and O–H groups in total. The number of aromatic carboxylic acids is 1. The van der Waals surface area contributed by atoms with Crippen molar-refractivity contribution in [1.29, 1.82) is 0 Å². The lowest BCUT2D eigenvalue weighted by Crippen LogP contribution is -2.16. The number of carboxylic acid groups (broad SMARTS) is 1. The van der Waals surface area contributed by atoms with Crippen LogP contribution in [0.4, 0.5) is 26.2 Å². The highest BCUT2D eigenvalue weighted by molar-refractivity contribution is 6.14. The molecule has 0 spiro atoms. The Morgan fingerprint density at radius 1 is 0.800 bits per heavy atom. The first-order valence-corrected chi connectivity index (χ1v) is 13.5. The van der Waals surface area contributed by atoms with Gasteiger partial charge in [0.05, 0.1) is 16.8 Å². The van der Waals surface area contributed by atoms with Crippen LogP contribution in [0.15, 0.2) is 0 Å². The predicted octanol–water partition coefficient (Wildman–Crippen LogP) is 7.77. The van der Waals surface area contributed by atoms with Crippen LogP contribution >= 0.6 is 0 Å². The van der Waals surface area contributed by atoms with Crippen LogP contribution in [-0.2, 0) is 5.92 Å². The zero-order valence-corrected chi connectivity index (χ0v) is 24.4. The second-order valence-electron chi connectivity index (χ2n) is 11.3. The zero-order valence-electron chi connectivity index (χ0n) is 24.4. The van der Waals surface area contributed by atoms with E-state index in [1.54, 1.807) is 27.7 Å². The van der Waals surface area contributed by atoms with Gasteiger partial charge in [0, 0.05) is 35.0 Å². The van der Waals surface area contributed by atoms with Gasteiger partial charge in [0.2, 0.25) is 5.95 Å². The van der Waals surface area contributed by atoms with Gasteiger partial charge in [0.1, 0.15) is 5.52 Å². The number of hydrogen-bond donors (Lipinski definition) is 3. The quantitative estimate of drug-likeness (QED) is 0.212. The molecule has 0 bridgehead atoms. The first-order chi connectivity index (χ1) is 18.6. The summed E-state index contributed by atoms with van der Waals surface area (Å²) < 4.78 is 29.7. The number of halogens is 2. The minimum Gasteiger partial charge on any atom is -0.478 e. The van der Waals surface area contributed by atoms with Gasteiger partial charge in [0.25, 0.3) is 5.92 Å². The fourth-order valence-electron chi connectivity index (χ4n) is 5.98. The second-order valence-corrected chi connectivity index (χ2v) is 11.3. The molecule has 5 rings (SSSR count). The lowest BCUT2D eigenvalue weighted by molar-refractivity contribution is 0.0161. The first-order valence-electron chi connectivity index (χ1n) is 13.5. The van der Waals surface area contributed by atoms with Crippen LogP contribution in [-0.4, -0.2) is 32.1 Å². The number of anilines is 3. The molecule has 2 aromatic carbocycles. The van der Waals surface area contributed by atoms with Gasteiger partial charge in [-0.3, -0.25) is 0 Å². The van der Waals surface area contributed by atoms with E-state index >= 15 is 0 Å². The van der Waals surface area contributed by atoms with Crippen LogP contribution in [0.5, 0.6) is 0 Å². The van der Waals surface area contributed by atoms with Crippen molar-refractivity contribution < 1.29 is 18.7 Å². The standard InChI is InChI=1S/C31H35F2N5O2/c1-12-15(4)24(31(9,32)33)18(7)25(16(12)5)36-28-27-23(19(8)34-30(38-27)35-20-10-11-20)22-14(3)13(2)21(29(39)40)17(6)26(22)37-28/h20H,10-11H2,1-9H3,(H,36,37)(H,39,40)(H,34,35,38). The van der Waals surface area contributed by atoms with Crippen LogP contribution in [0.2, 0.25) is 0 Å². The molecule has 0 atom stereocenters. The molecule has 1 fully saturated rings. The van der Waals surface area contributed by atoms with E-state index in [0.717, 1.165) is 52.9 Å². The van der Waals surface area contributed by atoms with Gasteiger partial charge in [0.15, 0.2) is 5.82 Å². The third kappa shape index (κ3) is 4.32. The van der Waals surface area contributed by atoms with Crippen LogP contribution in [0, 0.1) is 55.4 Å². The maximum Gasteiger partial charge on any atom is 0.336 e. The Balaban J connectivity index is 1.89. The Labute approximate surface area is 232 Å². The molecule has 4 aromatic rings. The van der Waals surface area contributed by atoms with E-state index in [2.05, 4.69) is 10.6 Å². The number of benzene rings is 2. The van der Waals surface area contributed by atoms with Gasteiger partial charge < -0.3 is 15.7 Å². The van der Waals surface area contributed by atoms with E-state index in [1.165, 1.54) is 0 Å². The summed E-state index contributed by atoms with van der Waals surface area (Å²) >= 11 is 0. The molecule has 1 saturated carbocycles. The summed E-state index contributed by atoms with van der Waals surface area (Å²) in [5.41, 5.74) is 7.13. The lowest BCUT2D eigenvalue weighted by atomic mass is 9.89. The number of carboxylic acids is 1. The molecule has 7 nitrogen and oxygen atoms in total. The maximum atomic E-state index is 14.8. The van der Waals surface area contributed by atoms with Crippen molar-refractivity contribution in [2.75, 3.05) is 10.6 Å². The number of rotatable bonds is 6. The number of pyridine rings is 1. The van der Waals surface area contributed by atoms with Crippen molar-refractivity contribution in [1.82, 2.24) is 15.0 Å². The van der Waals surface area contributed by atoms with Gasteiger partial charge in [-0.25, -0.2) is 28.5 Å². The average molecular weight is 548 g/mol. The lowest BCUT2D eigenvalue weighted by Gasteiger charge is -2.25. The fourth-order valence-corrected chi connectivity index (χ4v) is 5.98. The molecule has 0 unspecified atom stereocenters. The van der Waals surface area contributed by atoms with Gasteiger partial charge in [-0.2, -0.15) is 0 Å². The summed E-state index contributed by atoms with van der Waals surface area (Å²) in [6.45, 7) is 15.4. The molecular formula is C31H35F2N5O2. The van der Waals surface area contributed by atoms with Gasteiger partial charge in [-0.1, -0.05) is 0 Å². The smallest absolute Gasteiger partial charge is 0.336 e. The molecule has 9 heteroatoms. The molecular weight excluding hydrogens is 512 g/mol. The highest BCUT2D eigenvalue weighted by atomic mass is 19.3. The monoisotopic (exact) mass is 547 g/mol. The van der Waals surface area contributed by atoms with E-state index in [4.69, 9.17) is 15.0 Å². The largest absolute Gasteiger partial charge is 0.478 e. The van der Waals surface area contributed by atoms with Crippen LogP contribution in [0.3, 0.4) is 0 Å². The number of carbonyl (C=O) groups is 1. The summed E-state index contributed by atoms with van der Waals surface area (Å²) in [4.78, 5) is 26.8. The van der Waals surface area contributed by atoms with Gasteiger partial charge in [-0.15, -0.1) is 0 Å². The van der Waals surface area contributed by atoms with Crippen LogP contribution < -0.4 is 10.6 Å². The number of alkyl halides is 2. The predicted molar refractivity (Wildman–Crippen MR) is 156 cm³/mol. The Hall–Kier alpha value is -3.88. The molecule has 210 valence electrons. The summed E-state index contributed by atoms with van der Waals surface area (Å²) in [5.74, 6) is -3.21. The number of nitrogens with zero attached hydrogens (tertiary/aromatic N) is 3. The molecule has 2 aromatic heterocycles. The van der Waals surface area contributed by atoms with Crippen molar-refractivity contribution in [2.45, 2.75) is 87.1 Å². The minimum atomic E-state index is -3.04. The third-order valence-electron chi connectivity index (χ3n) is 8.50. The number of aromatic nitrogens is 3. The summed E-state index contributed by atoms with van der Waals surface area (Å²) in [7, 11) is 0. The topological polar surface area (TPSA) is 100 Å². The van der Waals surface area contributed by atoms with Crippen molar-refractivity contribution in [2.24, 2.45) is 0 Å². The Bertz CT molecular complexity index is 1750. The molecule has 1 aliphatic carbocycles.